The second kappa shape index (κ2) is 4.80. The van der Waals surface area contributed by atoms with Crippen LogP contribution >= 0.6 is 11.6 Å². The molecular weight excluding hydrogens is 234 g/mol. The summed E-state index contributed by atoms with van der Waals surface area (Å²) in [6.07, 6.45) is 2.84. The maximum absolute atomic E-state index is 6.10. The van der Waals surface area contributed by atoms with Crippen molar-refractivity contribution in [2.75, 3.05) is 5.73 Å². The van der Waals surface area contributed by atoms with Crippen LogP contribution in [0, 0.1) is 6.92 Å². The molecule has 0 atom stereocenters. The van der Waals surface area contributed by atoms with Gasteiger partial charge < -0.3 is 10.3 Å². The zero-order valence-electron chi connectivity index (χ0n) is 10.1. The minimum atomic E-state index is 0.720. The topological polar surface area (TPSA) is 43.8 Å². The van der Waals surface area contributed by atoms with Gasteiger partial charge in [-0.3, -0.25) is 0 Å². The highest BCUT2D eigenvalue weighted by Crippen LogP contribution is 2.29. The van der Waals surface area contributed by atoms with E-state index >= 15 is 0 Å². The van der Waals surface area contributed by atoms with Gasteiger partial charge in [0.15, 0.2) is 0 Å². The van der Waals surface area contributed by atoms with E-state index in [4.69, 9.17) is 17.3 Å². The predicted octanol–water partition coefficient (Wildman–Crippen LogP) is 3.50. The fourth-order valence-electron chi connectivity index (χ4n) is 1.91. The number of aryl methyl sites for hydroxylation is 2. The van der Waals surface area contributed by atoms with E-state index < -0.39 is 0 Å². The van der Waals surface area contributed by atoms with E-state index in [1.165, 1.54) is 0 Å². The van der Waals surface area contributed by atoms with Gasteiger partial charge in [-0.15, -0.1) is 0 Å². The molecule has 0 bridgehead atoms. The summed E-state index contributed by atoms with van der Waals surface area (Å²) in [4.78, 5) is 4.39. The minimum absolute atomic E-state index is 0.720. The van der Waals surface area contributed by atoms with Crippen LogP contribution in [-0.2, 0) is 6.54 Å². The smallest absolute Gasteiger partial charge is 0.131 e. The Kier molecular flexibility index (Phi) is 3.38. The largest absolute Gasteiger partial charge is 0.383 e. The normalized spacial score (nSPS) is 10.8. The second-order valence-corrected chi connectivity index (χ2v) is 4.57. The number of nitrogens with zero attached hydrogens (tertiary/aromatic N) is 2. The fourth-order valence-corrected chi connectivity index (χ4v) is 2.14. The summed E-state index contributed by atoms with van der Waals surface area (Å²) >= 11 is 5.94. The SMILES string of the molecule is CCCn1cnc(-c2ccc(Cl)cc2C)c1N. The molecule has 0 saturated heterocycles. The summed E-state index contributed by atoms with van der Waals surface area (Å²) < 4.78 is 1.98. The average Bonchev–Trinajstić information content (AvgIpc) is 2.62. The molecule has 1 aromatic carbocycles. The highest BCUT2D eigenvalue weighted by molar-refractivity contribution is 6.30. The average molecular weight is 250 g/mol. The molecule has 2 N–H and O–H groups in total. The molecule has 90 valence electrons. The van der Waals surface area contributed by atoms with Crippen LogP contribution in [0.25, 0.3) is 11.3 Å². The van der Waals surface area contributed by atoms with Gasteiger partial charge >= 0.3 is 0 Å². The molecule has 0 radical (unpaired) electrons. The second-order valence-electron chi connectivity index (χ2n) is 4.13. The maximum Gasteiger partial charge on any atom is 0.131 e. The lowest BCUT2D eigenvalue weighted by atomic mass is 10.1. The Hall–Kier alpha value is -1.48. The molecule has 0 spiro atoms. The molecule has 0 fully saturated rings. The highest BCUT2D eigenvalue weighted by Gasteiger charge is 2.11. The first-order chi connectivity index (χ1) is 8.13. The number of nitrogen functional groups attached to an aromatic ring is 1. The fraction of sp³-hybridized carbons (Fsp3) is 0.308. The number of hydrogen-bond donors (Lipinski definition) is 1. The molecule has 1 heterocycles. The molecule has 2 aromatic rings. The van der Waals surface area contributed by atoms with Gasteiger partial charge in [-0.25, -0.2) is 4.98 Å². The molecule has 4 heteroatoms. The van der Waals surface area contributed by atoms with Crippen molar-refractivity contribution in [3.05, 3.63) is 35.1 Å². The summed E-state index contributed by atoms with van der Waals surface area (Å²) in [6.45, 7) is 5.03. The summed E-state index contributed by atoms with van der Waals surface area (Å²) in [7, 11) is 0. The lowest BCUT2D eigenvalue weighted by molar-refractivity contribution is 0.686. The molecule has 3 nitrogen and oxygen atoms in total. The Morgan fingerprint density at radius 3 is 2.82 bits per heavy atom. The number of aromatic nitrogens is 2. The quantitative estimate of drug-likeness (QED) is 0.905. The van der Waals surface area contributed by atoms with Gasteiger partial charge in [0.2, 0.25) is 0 Å². The molecule has 0 aliphatic carbocycles. The summed E-state index contributed by atoms with van der Waals surface area (Å²) in [6, 6.07) is 5.75. The van der Waals surface area contributed by atoms with E-state index in [-0.39, 0.29) is 0 Å². The van der Waals surface area contributed by atoms with Crippen LogP contribution in [0.15, 0.2) is 24.5 Å². The third kappa shape index (κ3) is 2.29. The first kappa shape index (κ1) is 12.0. The Balaban J connectivity index is 2.46. The monoisotopic (exact) mass is 249 g/mol. The van der Waals surface area contributed by atoms with Gasteiger partial charge in [0, 0.05) is 17.1 Å². The minimum Gasteiger partial charge on any atom is -0.383 e. The van der Waals surface area contributed by atoms with E-state index in [9.17, 15) is 0 Å². The van der Waals surface area contributed by atoms with Crippen LogP contribution in [-0.4, -0.2) is 9.55 Å². The van der Waals surface area contributed by atoms with Crippen LogP contribution in [0.5, 0.6) is 0 Å². The Morgan fingerprint density at radius 1 is 1.41 bits per heavy atom. The van der Waals surface area contributed by atoms with E-state index in [2.05, 4.69) is 11.9 Å². The lowest BCUT2D eigenvalue weighted by Crippen LogP contribution is -2.01. The van der Waals surface area contributed by atoms with E-state index in [1.807, 2.05) is 29.7 Å². The standard InChI is InChI=1S/C13H16ClN3/c1-3-6-17-8-16-12(13(17)15)11-5-4-10(14)7-9(11)2/h4-5,7-8H,3,6,15H2,1-2H3. The molecule has 0 aliphatic rings. The van der Waals surface area contributed by atoms with Crippen molar-refractivity contribution in [2.45, 2.75) is 26.8 Å². The van der Waals surface area contributed by atoms with Gasteiger partial charge in [-0.1, -0.05) is 24.6 Å². The van der Waals surface area contributed by atoms with E-state index in [0.717, 1.165) is 40.6 Å². The number of rotatable bonds is 3. The number of benzene rings is 1. The van der Waals surface area contributed by atoms with Crippen molar-refractivity contribution in [3.63, 3.8) is 0 Å². The van der Waals surface area contributed by atoms with Gasteiger partial charge in [-0.2, -0.15) is 0 Å². The lowest BCUT2D eigenvalue weighted by Gasteiger charge is -2.06. The zero-order chi connectivity index (χ0) is 12.4. The van der Waals surface area contributed by atoms with E-state index in [0.29, 0.717) is 0 Å². The summed E-state index contributed by atoms with van der Waals surface area (Å²) in [5.74, 6) is 0.720. The van der Waals surface area contributed by atoms with Crippen molar-refractivity contribution in [3.8, 4) is 11.3 Å². The molecule has 2 rings (SSSR count). The molecule has 1 aromatic heterocycles. The first-order valence-corrected chi connectivity index (χ1v) is 6.08. The predicted molar refractivity (Wildman–Crippen MR) is 72.1 cm³/mol. The molecule has 0 saturated carbocycles. The Bertz CT molecular complexity index is 531. The number of hydrogen-bond acceptors (Lipinski definition) is 2. The third-order valence-corrected chi connectivity index (χ3v) is 3.02. The number of anilines is 1. The van der Waals surface area contributed by atoms with Crippen LogP contribution in [0.2, 0.25) is 5.02 Å². The van der Waals surface area contributed by atoms with Gasteiger partial charge in [0.25, 0.3) is 0 Å². The Morgan fingerprint density at radius 2 is 2.18 bits per heavy atom. The first-order valence-electron chi connectivity index (χ1n) is 5.70. The van der Waals surface area contributed by atoms with Crippen LogP contribution in [0.3, 0.4) is 0 Å². The molecule has 0 amide bonds. The number of nitrogens with two attached hydrogens (primary N) is 1. The van der Waals surface area contributed by atoms with Crippen molar-refractivity contribution in [2.24, 2.45) is 0 Å². The van der Waals surface area contributed by atoms with E-state index in [1.54, 1.807) is 6.33 Å². The summed E-state index contributed by atoms with van der Waals surface area (Å²) in [5.41, 5.74) is 9.07. The molecule has 0 unspecified atom stereocenters. The molecule has 17 heavy (non-hydrogen) atoms. The van der Waals surface area contributed by atoms with Crippen molar-refractivity contribution in [1.29, 1.82) is 0 Å². The van der Waals surface area contributed by atoms with Crippen LogP contribution in [0.1, 0.15) is 18.9 Å². The van der Waals surface area contributed by atoms with Gasteiger partial charge in [0.05, 0.1) is 6.33 Å². The van der Waals surface area contributed by atoms with Crippen LogP contribution in [0.4, 0.5) is 5.82 Å². The third-order valence-electron chi connectivity index (χ3n) is 2.79. The Labute approximate surface area is 106 Å². The maximum atomic E-state index is 6.10. The van der Waals surface area contributed by atoms with Gasteiger partial charge in [-0.05, 0) is 31.0 Å². The van der Waals surface area contributed by atoms with Crippen molar-refractivity contribution < 1.29 is 0 Å². The molecule has 0 aliphatic heterocycles. The number of imidazole rings is 1. The van der Waals surface area contributed by atoms with Crippen molar-refractivity contribution in [1.82, 2.24) is 9.55 Å². The number of halogens is 1. The summed E-state index contributed by atoms with van der Waals surface area (Å²) in [5, 5.41) is 0.734. The van der Waals surface area contributed by atoms with Crippen LogP contribution < -0.4 is 5.73 Å². The van der Waals surface area contributed by atoms with Crippen molar-refractivity contribution >= 4 is 17.4 Å². The van der Waals surface area contributed by atoms with Gasteiger partial charge in [0.1, 0.15) is 11.5 Å². The zero-order valence-corrected chi connectivity index (χ0v) is 10.8. The highest BCUT2D eigenvalue weighted by atomic mass is 35.5. The molecular formula is C13H16ClN3.